The number of aromatic nitrogens is 5. The number of thioether (sulfide) groups is 1. The lowest BCUT2D eigenvalue weighted by atomic mass is 10.2. The topological polar surface area (TPSA) is 115 Å². The SMILES string of the molecule is O=C(CSc1nc2ccccc2c(=O)n1C[C@H]1CCCO1)Nc1ncn[nH]1. The number of para-hydroxylation sites is 1. The molecule has 1 aliphatic rings. The van der Waals surface area contributed by atoms with Crippen molar-refractivity contribution in [3.8, 4) is 0 Å². The van der Waals surface area contributed by atoms with Gasteiger partial charge < -0.3 is 4.74 Å². The van der Waals surface area contributed by atoms with Crippen LogP contribution in [-0.4, -0.2) is 49.1 Å². The zero-order chi connectivity index (χ0) is 18.6. The molecule has 9 nitrogen and oxygen atoms in total. The van der Waals surface area contributed by atoms with Crippen LogP contribution in [0.4, 0.5) is 5.95 Å². The number of nitrogens with zero attached hydrogens (tertiary/aromatic N) is 4. The molecule has 1 aliphatic heterocycles. The molecule has 3 heterocycles. The van der Waals surface area contributed by atoms with Crippen molar-refractivity contribution in [3.05, 3.63) is 40.9 Å². The van der Waals surface area contributed by atoms with E-state index in [1.807, 2.05) is 12.1 Å². The minimum Gasteiger partial charge on any atom is -0.376 e. The van der Waals surface area contributed by atoms with Crippen LogP contribution < -0.4 is 10.9 Å². The molecule has 27 heavy (non-hydrogen) atoms. The van der Waals surface area contributed by atoms with E-state index in [2.05, 4.69) is 25.5 Å². The smallest absolute Gasteiger partial charge is 0.262 e. The largest absolute Gasteiger partial charge is 0.376 e. The molecule has 2 N–H and O–H groups in total. The normalized spacial score (nSPS) is 16.7. The van der Waals surface area contributed by atoms with E-state index in [4.69, 9.17) is 4.74 Å². The highest BCUT2D eigenvalue weighted by Crippen LogP contribution is 2.21. The molecule has 0 radical (unpaired) electrons. The van der Waals surface area contributed by atoms with Gasteiger partial charge in [0.05, 0.1) is 29.3 Å². The van der Waals surface area contributed by atoms with Crippen molar-refractivity contribution in [1.82, 2.24) is 24.7 Å². The van der Waals surface area contributed by atoms with Gasteiger partial charge in [0.1, 0.15) is 6.33 Å². The second kappa shape index (κ2) is 7.89. The van der Waals surface area contributed by atoms with E-state index in [-0.39, 0.29) is 29.3 Å². The fraction of sp³-hybridized carbons (Fsp3) is 0.353. The van der Waals surface area contributed by atoms with Gasteiger partial charge in [0, 0.05) is 6.61 Å². The van der Waals surface area contributed by atoms with Crippen LogP contribution in [0.2, 0.25) is 0 Å². The van der Waals surface area contributed by atoms with Gasteiger partial charge in [-0.15, -0.1) is 0 Å². The van der Waals surface area contributed by atoms with E-state index < -0.39 is 0 Å². The van der Waals surface area contributed by atoms with Gasteiger partial charge >= 0.3 is 0 Å². The number of hydrogen-bond donors (Lipinski definition) is 2. The summed E-state index contributed by atoms with van der Waals surface area (Å²) >= 11 is 1.21. The molecule has 2 aromatic heterocycles. The molecule has 0 spiro atoms. The van der Waals surface area contributed by atoms with Crippen molar-refractivity contribution in [2.75, 3.05) is 17.7 Å². The van der Waals surface area contributed by atoms with Crippen LogP contribution >= 0.6 is 11.8 Å². The van der Waals surface area contributed by atoms with E-state index in [1.165, 1.54) is 18.1 Å². The molecule has 0 unspecified atom stereocenters. The summed E-state index contributed by atoms with van der Waals surface area (Å²) in [6, 6.07) is 7.22. The standard InChI is InChI=1S/C17H18N6O3S/c24-14(21-16-18-10-19-22-16)9-27-17-20-13-6-2-1-5-12(13)15(25)23(17)8-11-4-3-7-26-11/h1-2,5-6,10-11H,3-4,7-9H2,(H2,18,19,21,22,24)/t11-/m1/s1. The quantitative estimate of drug-likeness (QED) is 0.486. The average Bonchev–Trinajstić information content (AvgIpc) is 3.37. The minimum atomic E-state index is -0.261. The first-order valence-corrected chi connectivity index (χ1v) is 9.58. The molecule has 140 valence electrons. The first-order valence-electron chi connectivity index (χ1n) is 8.60. The Hall–Kier alpha value is -2.72. The van der Waals surface area contributed by atoms with Crippen molar-refractivity contribution in [2.45, 2.75) is 30.6 Å². The van der Waals surface area contributed by atoms with Gasteiger partial charge in [-0.2, -0.15) is 10.1 Å². The Kier molecular flexibility index (Phi) is 5.16. The number of anilines is 1. The molecular formula is C17H18N6O3S. The molecule has 3 aromatic rings. The molecule has 0 aliphatic carbocycles. The molecule has 1 aromatic carbocycles. The Morgan fingerprint density at radius 1 is 1.41 bits per heavy atom. The second-order valence-electron chi connectivity index (χ2n) is 6.13. The summed E-state index contributed by atoms with van der Waals surface area (Å²) in [6.45, 7) is 1.14. The van der Waals surface area contributed by atoms with Crippen LogP contribution in [-0.2, 0) is 16.1 Å². The lowest BCUT2D eigenvalue weighted by molar-refractivity contribution is -0.113. The van der Waals surface area contributed by atoms with Crippen molar-refractivity contribution >= 4 is 34.5 Å². The van der Waals surface area contributed by atoms with Gasteiger partial charge in [-0.25, -0.2) is 10.1 Å². The zero-order valence-corrected chi connectivity index (χ0v) is 15.2. The van der Waals surface area contributed by atoms with Crippen LogP contribution in [0.15, 0.2) is 40.5 Å². The van der Waals surface area contributed by atoms with Crippen molar-refractivity contribution < 1.29 is 9.53 Å². The van der Waals surface area contributed by atoms with Crippen LogP contribution in [0.3, 0.4) is 0 Å². The van der Waals surface area contributed by atoms with Crippen LogP contribution in [0, 0.1) is 0 Å². The minimum absolute atomic E-state index is 0.00645. The average molecular weight is 386 g/mol. The fourth-order valence-corrected chi connectivity index (χ4v) is 3.78. The maximum absolute atomic E-state index is 13.0. The molecule has 1 fully saturated rings. The van der Waals surface area contributed by atoms with Gasteiger partial charge in [0.25, 0.3) is 5.56 Å². The Morgan fingerprint density at radius 3 is 3.07 bits per heavy atom. The van der Waals surface area contributed by atoms with E-state index in [0.717, 1.165) is 12.8 Å². The molecule has 1 amide bonds. The number of hydrogen-bond acceptors (Lipinski definition) is 7. The van der Waals surface area contributed by atoms with Crippen LogP contribution in [0.25, 0.3) is 10.9 Å². The molecule has 10 heteroatoms. The van der Waals surface area contributed by atoms with E-state index in [0.29, 0.717) is 29.2 Å². The van der Waals surface area contributed by atoms with Crippen LogP contribution in [0.1, 0.15) is 12.8 Å². The summed E-state index contributed by atoms with van der Waals surface area (Å²) in [4.78, 5) is 33.6. The van der Waals surface area contributed by atoms with Gasteiger partial charge in [-0.05, 0) is 25.0 Å². The first-order chi connectivity index (χ1) is 13.2. The highest BCUT2D eigenvalue weighted by atomic mass is 32.2. The second-order valence-corrected chi connectivity index (χ2v) is 7.08. The Balaban J connectivity index is 1.59. The number of H-pyrrole nitrogens is 1. The van der Waals surface area contributed by atoms with Crippen molar-refractivity contribution in [2.24, 2.45) is 0 Å². The van der Waals surface area contributed by atoms with Crippen LogP contribution in [0.5, 0.6) is 0 Å². The highest BCUT2D eigenvalue weighted by molar-refractivity contribution is 7.99. The maximum Gasteiger partial charge on any atom is 0.262 e. The highest BCUT2D eigenvalue weighted by Gasteiger charge is 2.20. The van der Waals surface area contributed by atoms with Gasteiger partial charge in [0.2, 0.25) is 11.9 Å². The maximum atomic E-state index is 13.0. The Labute approximate surface area is 158 Å². The number of benzene rings is 1. The predicted molar refractivity (Wildman–Crippen MR) is 101 cm³/mol. The summed E-state index contributed by atoms with van der Waals surface area (Å²) in [7, 11) is 0. The van der Waals surface area contributed by atoms with E-state index >= 15 is 0 Å². The summed E-state index contributed by atoms with van der Waals surface area (Å²) < 4.78 is 7.30. The number of fused-ring (bicyclic) bond motifs is 1. The number of nitrogens with one attached hydrogen (secondary N) is 2. The summed E-state index contributed by atoms with van der Waals surface area (Å²) in [6.07, 6.45) is 3.21. The van der Waals surface area contributed by atoms with Crippen molar-refractivity contribution in [1.29, 1.82) is 0 Å². The number of carbonyl (C=O) groups is 1. The van der Waals surface area contributed by atoms with Gasteiger partial charge in [-0.1, -0.05) is 23.9 Å². The molecule has 0 saturated carbocycles. The molecule has 0 bridgehead atoms. The van der Waals surface area contributed by atoms with Crippen molar-refractivity contribution in [3.63, 3.8) is 0 Å². The number of amides is 1. The van der Waals surface area contributed by atoms with Gasteiger partial charge in [0.15, 0.2) is 5.16 Å². The zero-order valence-electron chi connectivity index (χ0n) is 14.4. The van der Waals surface area contributed by atoms with E-state index in [9.17, 15) is 9.59 Å². The molecule has 1 saturated heterocycles. The third kappa shape index (κ3) is 4.01. The number of carbonyl (C=O) groups excluding carboxylic acids is 1. The molecule has 4 rings (SSSR count). The third-order valence-electron chi connectivity index (χ3n) is 4.24. The Morgan fingerprint density at radius 2 is 2.30 bits per heavy atom. The lowest BCUT2D eigenvalue weighted by Gasteiger charge is -2.16. The monoisotopic (exact) mass is 386 g/mol. The molecular weight excluding hydrogens is 368 g/mol. The summed E-state index contributed by atoms with van der Waals surface area (Å²) in [5.74, 6) is 0.114. The predicted octanol–water partition coefficient (Wildman–Crippen LogP) is 1.42. The molecule has 1 atom stereocenters. The number of rotatable bonds is 6. The third-order valence-corrected chi connectivity index (χ3v) is 5.22. The van der Waals surface area contributed by atoms with E-state index in [1.54, 1.807) is 16.7 Å². The van der Waals surface area contributed by atoms with Gasteiger partial charge in [-0.3, -0.25) is 19.5 Å². The summed E-state index contributed by atoms with van der Waals surface area (Å²) in [5.41, 5.74) is 0.499. The number of ether oxygens (including phenoxy) is 1. The summed E-state index contributed by atoms with van der Waals surface area (Å²) in [5, 5.41) is 9.92. The lowest BCUT2D eigenvalue weighted by Crippen LogP contribution is -2.29. The fourth-order valence-electron chi connectivity index (χ4n) is 2.97. The number of aromatic amines is 1. The first kappa shape index (κ1) is 17.7. The Bertz CT molecular complexity index is 998.